The summed E-state index contributed by atoms with van der Waals surface area (Å²) in [6.07, 6.45) is -0.136. The molecule has 0 unspecified atom stereocenters. The fraction of sp³-hybridized carbons (Fsp3) is 0.500. The van der Waals surface area contributed by atoms with Gasteiger partial charge < -0.3 is 9.53 Å². The lowest BCUT2D eigenvalue weighted by Crippen LogP contribution is -2.27. The van der Waals surface area contributed by atoms with Crippen LogP contribution in [0.1, 0.15) is 39.8 Å². The van der Waals surface area contributed by atoms with E-state index in [0.29, 0.717) is 12.1 Å². The van der Waals surface area contributed by atoms with Crippen LogP contribution in [0.3, 0.4) is 0 Å². The molecule has 0 bridgehead atoms. The molecule has 0 saturated carbocycles. The minimum atomic E-state index is -0.699. The maximum absolute atomic E-state index is 13.6. The number of hydrogen-bond donors (Lipinski definition) is 1. The number of nitrogens with zero attached hydrogens (tertiary/aromatic N) is 1. The summed E-state index contributed by atoms with van der Waals surface area (Å²) < 4.78 is 18.7. The molecule has 0 aliphatic carbocycles. The van der Waals surface area contributed by atoms with Gasteiger partial charge in [0.2, 0.25) is 0 Å². The van der Waals surface area contributed by atoms with Crippen molar-refractivity contribution in [1.82, 2.24) is 4.98 Å². The first kappa shape index (κ1) is 17.6. The van der Waals surface area contributed by atoms with Crippen molar-refractivity contribution in [3.8, 4) is 0 Å². The van der Waals surface area contributed by atoms with Gasteiger partial charge in [-0.2, -0.15) is 0 Å². The Labute approximate surface area is 131 Å². The summed E-state index contributed by atoms with van der Waals surface area (Å²) in [4.78, 5) is 26.8. The molecule has 116 valence electrons. The monoisotopic (exact) mass is 360 g/mol. The second-order valence-corrected chi connectivity index (χ2v) is 6.34. The van der Waals surface area contributed by atoms with E-state index in [1.165, 1.54) is 6.92 Å². The molecule has 21 heavy (non-hydrogen) atoms. The molecule has 5 nitrogen and oxygen atoms in total. The van der Waals surface area contributed by atoms with Crippen LogP contribution in [-0.2, 0) is 16.0 Å². The molecule has 0 atom stereocenters. The number of anilines is 1. The zero-order valence-corrected chi connectivity index (χ0v) is 14.0. The van der Waals surface area contributed by atoms with Gasteiger partial charge in [-0.05, 0) is 50.0 Å². The number of nitrogens with one attached hydrogen (secondary N) is 1. The molecule has 1 aromatic heterocycles. The summed E-state index contributed by atoms with van der Waals surface area (Å²) in [5.74, 6) is -0.618. The fourth-order valence-corrected chi connectivity index (χ4v) is 1.84. The quantitative estimate of drug-likeness (QED) is 0.827. The molecule has 7 heteroatoms. The topological polar surface area (TPSA) is 68.3 Å². The van der Waals surface area contributed by atoms with E-state index in [2.05, 4.69) is 26.2 Å². The molecular weight excluding hydrogens is 343 g/mol. The molecule has 1 N–H and O–H groups in total. The Bertz CT molecular complexity index is 556. The summed E-state index contributed by atoms with van der Waals surface area (Å²) >= 11 is 2.99. The van der Waals surface area contributed by atoms with Gasteiger partial charge in [0.05, 0.1) is 11.4 Å². The highest BCUT2D eigenvalue weighted by Gasteiger charge is 2.19. The minimum absolute atomic E-state index is 0.0135. The Kier molecular flexibility index (Phi) is 5.83. The van der Waals surface area contributed by atoms with E-state index >= 15 is 0 Å². The third-order valence-electron chi connectivity index (χ3n) is 2.36. The van der Waals surface area contributed by atoms with E-state index in [1.807, 2.05) is 0 Å². The highest BCUT2D eigenvalue weighted by Crippen LogP contribution is 2.23. The van der Waals surface area contributed by atoms with E-state index in [-0.39, 0.29) is 22.5 Å². The molecule has 1 rings (SSSR count). The number of pyridine rings is 1. The standard InChI is InChI=1S/C14H18BrFN2O3/c1-8(19)5-6-10-11(7-9(16)12(15)17-10)18-13(20)21-14(2,3)4/h7H,5-6H2,1-4H3,(H,18,20). The maximum Gasteiger partial charge on any atom is 0.412 e. The van der Waals surface area contributed by atoms with Crippen LogP contribution < -0.4 is 5.32 Å². The molecule has 1 heterocycles. The van der Waals surface area contributed by atoms with E-state index in [0.717, 1.165) is 6.07 Å². The third-order valence-corrected chi connectivity index (χ3v) is 2.92. The smallest absolute Gasteiger partial charge is 0.412 e. The van der Waals surface area contributed by atoms with E-state index in [9.17, 15) is 14.0 Å². The van der Waals surface area contributed by atoms with Crippen molar-refractivity contribution in [2.24, 2.45) is 0 Å². The van der Waals surface area contributed by atoms with Crippen LogP contribution >= 0.6 is 15.9 Å². The second-order valence-electron chi connectivity index (χ2n) is 5.58. The zero-order valence-electron chi connectivity index (χ0n) is 12.4. The highest BCUT2D eigenvalue weighted by molar-refractivity contribution is 9.10. The number of rotatable bonds is 4. The normalized spacial score (nSPS) is 11.1. The van der Waals surface area contributed by atoms with Gasteiger partial charge in [-0.1, -0.05) is 0 Å². The van der Waals surface area contributed by atoms with Crippen molar-refractivity contribution in [1.29, 1.82) is 0 Å². The van der Waals surface area contributed by atoms with Crippen molar-refractivity contribution in [3.63, 3.8) is 0 Å². The van der Waals surface area contributed by atoms with Crippen LogP contribution in [0.15, 0.2) is 10.7 Å². The molecule has 0 spiro atoms. The number of amides is 1. The highest BCUT2D eigenvalue weighted by atomic mass is 79.9. The van der Waals surface area contributed by atoms with Crippen LogP contribution in [-0.4, -0.2) is 22.5 Å². The Balaban J connectivity index is 2.95. The summed E-state index contributed by atoms with van der Waals surface area (Å²) in [5, 5.41) is 2.46. The van der Waals surface area contributed by atoms with Gasteiger partial charge in [-0.15, -0.1) is 0 Å². The number of ketones is 1. The van der Waals surface area contributed by atoms with Crippen molar-refractivity contribution in [3.05, 3.63) is 22.2 Å². The van der Waals surface area contributed by atoms with Crippen LogP contribution in [0.5, 0.6) is 0 Å². The van der Waals surface area contributed by atoms with Gasteiger partial charge in [0, 0.05) is 12.5 Å². The SMILES string of the molecule is CC(=O)CCc1nc(Br)c(F)cc1NC(=O)OC(C)(C)C. The van der Waals surface area contributed by atoms with Gasteiger partial charge in [0.15, 0.2) is 5.82 Å². The van der Waals surface area contributed by atoms with Crippen molar-refractivity contribution in [2.75, 3.05) is 5.32 Å². The van der Waals surface area contributed by atoms with Gasteiger partial charge in [0.25, 0.3) is 0 Å². The molecule has 0 saturated heterocycles. The predicted octanol–water partition coefficient (Wildman–Crippen LogP) is 3.85. The van der Waals surface area contributed by atoms with Crippen molar-refractivity contribution >= 4 is 33.5 Å². The maximum atomic E-state index is 13.6. The number of aromatic nitrogens is 1. The zero-order chi connectivity index (χ0) is 16.2. The Morgan fingerprint density at radius 3 is 2.57 bits per heavy atom. The summed E-state index contributed by atoms with van der Waals surface area (Å²) in [7, 11) is 0. The second kappa shape index (κ2) is 6.98. The lowest BCUT2D eigenvalue weighted by Gasteiger charge is -2.20. The lowest BCUT2D eigenvalue weighted by molar-refractivity contribution is -0.116. The van der Waals surface area contributed by atoms with Gasteiger partial charge in [-0.3, -0.25) is 5.32 Å². The van der Waals surface area contributed by atoms with Crippen LogP contribution in [0.25, 0.3) is 0 Å². The number of carbonyl (C=O) groups is 2. The Morgan fingerprint density at radius 2 is 2.05 bits per heavy atom. The minimum Gasteiger partial charge on any atom is -0.444 e. The first-order valence-corrected chi connectivity index (χ1v) is 7.22. The number of halogens is 2. The van der Waals surface area contributed by atoms with Crippen LogP contribution in [0.2, 0.25) is 0 Å². The average molecular weight is 361 g/mol. The number of carbonyl (C=O) groups excluding carboxylic acids is 2. The number of ether oxygens (including phenoxy) is 1. The summed E-state index contributed by atoms with van der Waals surface area (Å²) in [6.45, 7) is 6.64. The van der Waals surface area contributed by atoms with Gasteiger partial charge in [0.1, 0.15) is 16.0 Å². The molecule has 0 aliphatic rings. The van der Waals surface area contributed by atoms with E-state index < -0.39 is 17.5 Å². The molecule has 0 fully saturated rings. The summed E-state index contributed by atoms with van der Waals surface area (Å²) in [6, 6.07) is 1.15. The van der Waals surface area contributed by atoms with Crippen molar-refractivity contribution in [2.45, 2.75) is 46.1 Å². The lowest BCUT2D eigenvalue weighted by atomic mass is 10.1. The average Bonchev–Trinajstić information content (AvgIpc) is 2.29. The van der Waals surface area contributed by atoms with Gasteiger partial charge in [-0.25, -0.2) is 14.2 Å². The molecular formula is C14H18BrFN2O3. The first-order valence-electron chi connectivity index (χ1n) is 6.43. The molecule has 0 aromatic carbocycles. The van der Waals surface area contributed by atoms with E-state index in [1.54, 1.807) is 20.8 Å². The molecule has 1 amide bonds. The number of hydrogen-bond acceptors (Lipinski definition) is 4. The fourth-order valence-electron chi connectivity index (χ4n) is 1.51. The van der Waals surface area contributed by atoms with E-state index in [4.69, 9.17) is 4.74 Å². The molecule has 1 aromatic rings. The van der Waals surface area contributed by atoms with Crippen LogP contribution in [0.4, 0.5) is 14.9 Å². The summed E-state index contributed by atoms with van der Waals surface area (Å²) in [5.41, 5.74) is -0.0409. The van der Waals surface area contributed by atoms with Crippen molar-refractivity contribution < 1.29 is 18.7 Å². The number of aryl methyl sites for hydroxylation is 1. The third kappa shape index (κ3) is 6.20. The molecule has 0 radical (unpaired) electrons. The molecule has 0 aliphatic heterocycles. The van der Waals surface area contributed by atoms with Crippen LogP contribution in [0, 0.1) is 5.82 Å². The Hall–Kier alpha value is -1.50. The Morgan fingerprint density at radius 1 is 1.43 bits per heavy atom. The van der Waals surface area contributed by atoms with Gasteiger partial charge >= 0.3 is 6.09 Å². The largest absolute Gasteiger partial charge is 0.444 e. The number of Topliss-reactive ketones (excluding diaryl/α,β-unsaturated/α-hetero) is 1. The first-order chi connectivity index (χ1) is 9.58. The predicted molar refractivity (Wildman–Crippen MR) is 80.8 cm³/mol.